The molecule has 0 atom stereocenters. The molecule has 2 N–H and O–H groups in total. The molecule has 0 bridgehead atoms. The van der Waals surface area contributed by atoms with Gasteiger partial charge in [-0.05, 0) is 36.4 Å². The minimum Gasteiger partial charge on any atom is -0.663 e. The Morgan fingerprint density at radius 1 is 0.535 bits per heavy atom. The fraction of sp³-hybridized carbons (Fsp3) is 0.118. The van der Waals surface area contributed by atoms with Gasteiger partial charge in [0.05, 0.1) is 11.8 Å². The molecule has 0 aliphatic heterocycles. The smallest absolute Gasteiger partial charge is 0.129 e. The van der Waals surface area contributed by atoms with Crippen molar-refractivity contribution in [2.45, 2.75) is 13.2 Å². The molecule has 0 unspecified atom stereocenters. The molecule has 0 fully saturated rings. The Balaban J connectivity index is 0.000000293. The normalized spacial score (nSPS) is 9.67. The van der Waals surface area contributed by atoms with E-state index in [4.69, 9.17) is 30.4 Å². The maximum Gasteiger partial charge on any atom is 0.129 e. The van der Waals surface area contributed by atoms with E-state index in [0.29, 0.717) is 36.2 Å². The first-order valence-corrected chi connectivity index (χ1v) is 13.0. The van der Waals surface area contributed by atoms with Crippen LogP contribution in [0.2, 0.25) is 0 Å². The molecule has 0 saturated carbocycles. The van der Waals surface area contributed by atoms with Gasteiger partial charge in [0, 0.05) is 55.0 Å². The quantitative estimate of drug-likeness (QED) is 0.127. The van der Waals surface area contributed by atoms with E-state index in [-0.39, 0.29) is 57.0 Å². The SMILES string of the molecule is C=CCOc1ccccc1COc1ccccc1C([NH-])=O.C=CCOc1ccccc1COc1ccccc1C([NH-])=O.[Y]. The molecule has 0 spiro atoms. The maximum absolute atomic E-state index is 11.2. The summed E-state index contributed by atoms with van der Waals surface area (Å²) in [5.74, 6) is 0.704. The molecular weight excluding hydrogens is 621 g/mol. The standard InChI is InChI=1S/2C17H17NO3.Y/c2*1-2-11-20-15-9-5-3-7-13(15)12-21-16-10-6-4-8-14(16)17(18)19;/h2*2-10H,1,11-12H2,(H2,18,19);/p-2. The van der Waals surface area contributed by atoms with Crippen molar-refractivity contribution < 1.29 is 61.2 Å². The molecular formula is C34H32N2O6Y-2. The molecule has 0 heterocycles. The molecule has 219 valence electrons. The van der Waals surface area contributed by atoms with Crippen molar-refractivity contribution in [3.8, 4) is 23.0 Å². The molecule has 1 radical (unpaired) electrons. The van der Waals surface area contributed by atoms with Crippen LogP contribution in [0.1, 0.15) is 31.8 Å². The number of rotatable bonds is 14. The van der Waals surface area contributed by atoms with Gasteiger partial charge in [-0.3, -0.25) is 0 Å². The van der Waals surface area contributed by atoms with E-state index in [0.717, 1.165) is 11.1 Å². The summed E-state index contributed by atoms with van der Waals surface area (Å²) < 4.78 is 22.4. The summed E-state index contributed by atoms with van der Waals surface area (Å²) in [5, 5.41) is 0. The summed E-state index contributed by atoms with van der Waals surface area (Å²) in [5.41, 5.74) is 16.7. The Kier molecular flexibility index (Phi) is 15.3. The van der Waals surface area contributed by atoms with E-state index in [1.165, 1.54) is 0 Å². The zero-order valence-corrected chi connectivity index (χ0v) is 26.5. The van der Waals surface area contributed by atoms with Crippen molar-refractivity contribution in [1.82, 2.24) is 0 Å². The molecule has 8 nitrogen and oxygen atoms in total. The van der Waals surface area contributed by atoms with Crippen LogP contribution in [-0.4, -0.2) is 25.0 Å². The first-order chi connectivity index (χ1) is 20.4. The third-order valence-electron chi connectivity index (χ3n) is 5.69. The minimum absolute atomic E-state index is 0. The van der Waals surface area contributed by atoms with Gasteiger partial charge in [0.15, 0.2) is 0 Å². The van der Waals surface area contributed by atoms with E-state index in [2.05, 4.69) is 13.2 Å². The number of hydrogen-bond acceptors (Lipinski definition) is 6. The zero-order valence-electron chi connectivity index (χ0n) is 23.7. The second-order valence-electron chi connectivity index (χ2n) is 8.64. The second-order valence-corrected chi connectivity index (χ2v) is 8.64. The van der Waals surface area contributed by atoms with Crippen molar-refractivity contribution >= 4 is 11.8 Å². The first-order valence-electron chi connectivity index (χ1n) is 13.0. The Labute approximate surface area is 277 Å². The number of ether oxygens (including phenoxy) is 4. The molecule has 4 aromatic carbocycles. The molecule has 4 aromatic rings. The third kappa shape index (κ3) is 11.1. The van der Waals surface area contributed by atoms with Crippen LogP contribution in [0, 0.1) is 0 Å². The Morgan fingerprint density at radius 2 is 0.860 bits per heavy atom. The Hall–Kier alpha value is -4.40. The summed E-state index contributed by atoms with van der Waals surface area (Å²) >= 11 is 0. The predicted molar refractivity (Wildman–Crippen MR) is 163 cm³/mol. The van der Waals surface area contributed by atoms with E-state index in [9.17, 15) is 9.59 Å². The predicted octanol–water partition coefficient (Wildman–Crippen LogP) is 8.04. The fourth-order valence-corrected chi connectivity index (χ4v) is 3.70. The Morgan fingerprint density at radius 3 is 1.21 bits per heavy atom. The summed E-state index contributed by atoms with van der Waals surface area (Å²) in [6, 6.07) is 28.5. The van der Waals surface area contributed by atoms with Crippen LogP contribution in [0.25, 0.3) is 11.5 Å². The van der Waals surface area contributed by atoms with E-state index in [1.54, 1.807) is 60.7 Å². The zero-order chi connectivity index (χ0) is 30.2. The number of carbonyl (C=O) groups is 2. The van der Waals surface area contributed by atoms with Gasteiger partial charge in [-0.2, -0.15) is 0 Å². The van der Waals surface area contributed by atoms with Gasteiger partial charge in [-0.1, -0.05) is 86.0 Å². The van der Waals surface area contributed by atoms with Gasteiger partial charge in [0.1, 0.15) is 49.4 Å². The number of nitrogens with one attached hydrogen (secondary N) is 2. The maximum atomic E-state index is 11.2. The number of hydrogen-bond donors (Lipinski definition) is 0. The largest absolute Gasteiger partial charge is 0.663 e. The number of benzene rings is 4. The van der Waals surface area contributed by atoms with Crippen LogP contribution < -0.4 is 18.9 Å². The van der Waals surface area contributed by atoms with Gasteiger partial charge in [-0.15, -0.1) is 0 Å². The van der Waals surface area contributed by atoms with Gasteiger partial charge in [-0.25, -0.2) is 0 Å². The minimum atomic E-state index is -0.762. The van der Waals surface area contributed by atoms with E-state index < -0.39 is 11.8 Å². The molecule has 0 aromatic heterocycles. The van der Waals surface area contributed by atoms with Crippen LogP contribution in [-0.2, 0) is 45.9 Å². The monoisotopic (exact) mass is 653 g/mol. The summed E-state index contributed by atoms with van der Waals surface area (Å²) in [6.45, 7) is 8.58. The number of carbonyl (C=O) groups excluding carboxylic acids is 2. The molecule has 43 heavy (non-hydrogen) atoms. The van der Waals surface area contributed by atoms with Crippen LogP contribution >= 0.6 is 0 Å². The average Bonchev–Trinajstić information content (AvgIpc) is 3.02. The van der Waals surface area contributed by atoms with Crippen molar-refractivity contribution in [3.05, 3.63) is 156 Å². The molecule has 0 saturated heterocycles. The van der Waals surface area contributed by atoms with Crippen molar-refractivity contribution in [1.29, 1.82) is 0 Å². The van der Waals surface area contributed by atoms with Crippen LogP contribution in [0.5, 0.6) is 23.0 Å². The molecule has 9 heteroatoms. The molecule has 2 amide bonds. The van der Waals surface area contributed by atoms with Crippen LogP contribution in [0.4, 0.5) is 0 Å². The number of para-hydroxylation sites is 4. The van der Waals surface area contributed by atoms with Gasteiger partial charge in [0.2, 0.25) is 0 Å². The van der Waals surface area contributed by atoms with Crippen molar-refractivity contribution in [3.63, 3.8) is 0 Å². The number of amides is 2. The second kappa shape index (κ2) is 18.9. The van der Waals surface area contributed by atoms with E-state index >= 15 is 0 Å². The topological polar surface area (TPSA) is 119 Å². The van der Waals surface area contributed by atoms with Crippen molar-refractivity contribution in [2.24, 2.45) is 0 Å². The van der Waals surface area contributed by atoms with Crippen molar-refractivity contribution in [2.75, 3.05) is 13.2 Å². The van der Waals surface area contributed by atoms with Gasteiger partial charge < -0.3 is 40.0 Å². The van der Waals surface area contributed by atoms with E-state index in [1.807, 2.05) is 48.5 Å². The average molecular weight is 654 g/mol. The summed E-state index contributed by atoms with van der Waals surface area (Å²) in [4.78, 5) is 22.5. The summed E-state index contributed by atoms with van der Waals surface area (Å²) in [7, 11) is 0. The van der Waals surface area contributed by atoms with Gasteiger partial charge >= 0.3 is 0 Å². The van der Waals surface area contributed by atoms with Gasteiger partial charge in [0.25, 0.3) is 0 Å². The molecule has 0 aliphatic carbocycles. The Bertz CT molecular complexity index is 1390. The fourth-order valence-electron chi connectivity index (χ4n) is 3.70. The first kappa shape index (κ1) is 34.8. The summed E-state index contributed by atoms with van der Waals surface area (Å²) in [6.07, 6.45) is 3.34. The third-order valence-corrected chi connectivity index (χ3v) is 5.69. The molecule has 4 rings (SSSR count). The van der Waals surface area contributed by atoms with Crippen LogP contribution in [0.3, 0.4) is 0 Å². The van der Waals surface area contributed by atoms with Crippen LogP contribution in [0.15, 0.2) is 122 Å². The molecule has 0 aliphatic rings.